The Hall–Kier alpha value is -1.47. The Morgan fingerprint density at radius 2 is 2.25 bits per heavy atom. The highest BCUT2D eigenvalue weighted by molar-refractivity contribution is 5.79. The van der Waals surface area contributed by atoms with E-state index in [9.17, 15) is 4.79 Å². The lowest BCUT2D eigenvalue weighted by Gasteiger charge is -2.46. The molecule has 7 nitrogen and oxygen atoms in total. The zero-order valence-corrected chi connectivity index (χ0v) is 14.7. The Morgan fingerprint density at radius 3 is 2.96 bits per heavy atom. The van der Waals surface area contributed by atoms with Gasteiger partial charge in [0.05, 0.1) is 38.8 Å². The number of nitrogens with one attached hydrogen (secondary N) is 1. The first-order valence-electron chi connectivity index (χ1n) is 9.55. The third-order valence-electron chi connectivity index (χ3n) is 6.19. The minimum absolute atomic E-state index is 0.268. The third-order valence-corrected chi connectivity index (χ3v) is 6.19. The minimum atomic E-state index is 0.268. The molecule has 4 aliphatic rings. The van der Waals surface area contributed by atoms with Crippen molar-refractivity contribution in [2.75, 3.05) is 33.2 Å². The first-order valence-corrected chi connectivity index (χ1v) is 9.55. The van der Waals surface area contributed by atoms with Crippen LogP contribution >= 0.6 is 0 Å². The molecule has 132 valence electrons. The molecule has 1 unspecified atom stereocenters. The van der Waals surface area contributed by atoms with E-state index in [1.807, 2.05) is 11.7 Å². The molecule has 5 heterocycles. The topological polar surface area (TPSA) is 72.1 Å². The maximum atomic E-state index is 12.8. The number of carbonyl (C=O) groups is 1. The molecule has 2 bridgehead atoms. The summed E-state index contributed by atoms with van der Waals surface area (Å²) in [6.07, 6.45) is 6.83. The fourth-order valence-corrected chi connectivity index (χ4v) is 4.93. The molecule has 0 aliphatic carbocycles. The van der Waals surface area contributed by atoms with Gasteiger partial charge in [0, 0.05) is 25.9 Å². The van der Waals surface area contributed by atoms with E-state index >= 15 is 0 Å². The molecule has 4 atom stereocenters. The molecule has 4 aliphatic heterocycles. The maximum absolute atomic E-state index is 12.8. The molecule has 1 aromatic heterocycles. The summed E-state index contributed by atoms with van der Waals surface area (Å²) in [5.74, 6) is 1.28. The molecule has 4 fully saturated rings. The molecule has 5 rings (SSSR count). The van der Waals surface area contributed by atoms with Crippen molar-refractivity contribution in [3.05, 3.63) is 11.9 Å². The van der Waals surface area contributed by atoms with Crippen molar-refractivity contribution in [1.82, 2.24) is 19.9 Å². The zero-order valence-electron chi connectivity index (χ0n) is 14.7. The van der Waals surface area contributed by atoms with E-state index in [1.165, 1.54) is 25.8 Å². The Labute approximate surface area is 143 Å². The van der Waals surface area contributed by atoms with Gasteiger partial charge < -0.3 is 15.1 Å². The quantitative estimate of drug-likeness (QED) is 0.647. The largest absolute Gasteiger partial charge is 0.344 e. The van der Waals surface area contributed by atoms with Gasteiger partial charge in [-0.15, -0.1) is 5.10 Å². The number of quaternary nitrogens is 2. The number of nitrogens with zero attached hydrogens (tertiary/aromatic N) is 4. The molecule has 0 spiro atoms. The number of nitrogens with two attached hydrogens (primary N) is 1. The van der Waals surface area contributed by atoms with E-state index in [0.29, 0.717) is 17.9 Å². The average molecular weight is 334 g/mol. The van der Waals surface area contributed by atoms with E-state index in [-0.39, 0.29) is 5.92 Å². The number of aromatic nitrogens is 3. The van der Waals surface area contributed by atoms with Gasteiger partial charge in [0.2, 0.25) is 5.91 Å². The molecule has 3 N–H and O–H groups in total. The van der Waals surface area contributed by atoms with Gasteiger partial charge in [-0.2, -0.15) is 0 Å². The van der Waals surface area contributed by atoms with Crippen LogP contribution in [0.15, 0.2) is 6.20 Å². The van der Waals surface area contributed by atoms with Gasteiger partial charge in [-0.25, -0.2) is 4.68 Å². The van der Waals surface area contributed by atoms with Gasteiger partial charge in [0.1, 0.15) is 18.3 Å². The molecule has 7 heteroatoms. The van der Waals surface area contributed by atoms with E-state index < -0.39 is 0 Å². The summed E-state index contributed by atoms with van der Waals surface area (Å²) in [5.41, 5.74) is 1.05. The van der Waals surface area contributed by atoms with Crippen LogP contribution in [0.5, 0.6) is 0 Å². The van der Waals surface area contributed by atoms with Crippen LogP contribution < -0.4 is 10.2 Å². The third kappa shape index (κ3) is 3.07. The second kappa shape index (κ2) is 6.80. The van der Waals surface area contributed by atoms with Crippen molar-refractivity contribution in [1.29, 1.82) is 0 Å². The van der Waals surface area contributed by atoms with Crippen LogP contribution in [0.25, 0.3) is 0 Å². The Balaban J connectivity index is 1.38. The Bertz CT molecular complexity index is 581. The first kappa shape index (κ1) is 16.0. The van der Waals surface area contributed by atoms with Crippen LogP contribution in [0.1, 0.15) is 31.4 Å². The summed E-state index contributed by atoms with van der Waals surface area (Å²) < 4.78 is 2.01. The second-order valence-electron chi connectivity index (χ2n) is 7.78. The van der Waals surface area contributed by atoms with Crippen molar-refractivity contribution in [3.63, 3.8) is 0 Å². The van der Waals surface area contributed by atoms with Gasteiger partial charge in [-0.3, -0.25) is 4.79 Å². The number of fused-ring (bicyclic) bond motifs is 3. The predicted molar refractivity (Wildman–Crippen MR) is 88.1 cm³/mol. The number of amides is 1. The monoisotopic (exact) mass is 334 g/mol. The fraction of sp³-hybridized carbons (Fsp3) is 0.824. The number of hydrogen-bond donors (Lipinski definition) is 2. The van der Waals surface area contributed by atoms with Crippen LogP contribution in [0, 0.1) is 11.8 Å². The van der Waals surface area contributed by atoms with Gasteiger partial charge >= 0.3 is 0 Å². The number of rotatable bonds is 5. The number of carbonyl (C=O) groups excluding carboxylic acids is 1. The highest BCUT2D eigenvalue weighted by Crippen LogP contribution is 2.29. The van der Waals surface area contributed by atoms with Gasteiger partial charge in [-0.1, -0.05) is 5.21 Å². The van der Waals surface area contributed by atoms with Crippen LogP contribution in [0.3, 0.4) is 0 Å². The smallest absolute Gasteiger partial charge is 0.231 e. The van der Waals surface area contributed by atoms with Gasteiger partial charge in [0.25, 0.3) is 0 Å². The lowest BCUT2D eigenvalue weighted by atomic mass is 9.75. The van der Waals surface area contributed by atoms with Crippen LogP contribution in [0.2, 0.25) is 0 Å². The first-order chi connectivity index (χ1) is 11.7. The van der Waals surface area contributed by atoms with Crippen molar-refractivity contribution < 1.29 is 15.0 Å². The average Bonchev–Trinajstić information content (AvgIpc) is 3.27. The summed E-state index contributed by atoms with van der Waals surface area (Å²) in [5, 5.41) is 10.6. The van der Waals surface area contributed by atoms with E-state index in [0.717, 1.165) is 44.8 Å². The molecular formula is C17H30N6O+2. The SMILES string of the molecule is C[NH2+]Cc1cn(C[C@H]2C[C@H]3CC[NH+]2C[C@@H]3C(=O)N2CCCC2)nn1. The van der Waals surface area contributed by atoms with E-state index in [4.69, 9.17) is 0 Å². The second-order valence-corrected chi connectivity index (χ2v) is 7.78. The lowest BCUT2D eigenvalue weighted by molar-refractivity contribution is -0.945. The normalized spacial score (nSPS) is 32.5. The number of hydrogen-bond acceptors (Lipinski definition) is 3. The number of piperidine rings is 3. The molecule has 0 aromatic carbocycles. The van der Waals surface area contributed by atoms with Crippen molar-refractivity contribution >= 4 is 5.91 Å². The molecule has 0 saturated carbocycles. The number of likely N-dealkylation sites (tertiary alicyclic amines) is 1. The Kier molecular flexibility index (Phi) is 4.54. The van der Waals surface area contributed by atoms with E-state index in [2.05, 4.69) is 26.7 Å². The molecule has 4 saturated heterocycles. The van der Waals surface area contributed by atoms with Gasteiger partial charge in [0.15, 0.2) is 0 Å². The van der Waals surface area contributed by atoms with Crippen molar-refractivity contribution in [2.24, 2.45) is 11.8 Å². The zero-order chi connectivity index (χ0) is 16.5. The molecule has 1 aromatic rings. The maximum Gasteiger partial charge on any atom is 0.231 e. The molecule has 1 amide bonds. The van der Waals surface area contributed by atoms with Crippen molar-refractivity contribution in [2.45, 2.75) is 44.8 Å². The minimum Gasteiger partial charge on any atom is -0.344 e. The van der Waals surface area contributed by atoms with Gasteiger partial charge in [-0.05, 0) is 18.8 Å². The summed E-state index contributed by atoms with van der Waals surface area (Å²) in [6.45, 7) is 6.02. The van der Waals surface area contributed by atoms with Crippen LogP contribution in [0.4, 0.5) is 0 Å². The summed E-state index contributed by atoms with van der Waals surface area (Å²) in [6, 6.07) is 0.589. The fourth-order valence-electron chi connectivity index (χ4n) is 4.93. The predicted octanol–water partition coefficient (Wildman–Crippen LogP) is -2.11. The molecular weight excluding hydrogens is 304 g/mol. The molecule has 24 heavy (non-hydrogen) atoms. The van der Waals surface area contributed by atoms with Crippen LogP contribution in [-0.2, 0) is 17.9 Å². The summed E-state index contributed by atoms with van der Waals surface area (Å²) >= 11 is 0. The van der Waals surface area contributed by atoms with Crippen molar-refractivity contribution in [3.8, 4) is 0 Å². The standard InChI is InChI=1S/C17H28N6O/c1-18-9-14-10-23(20-19-14)11-15-8-13-4-7-22(15)12-16(13)17(24)21-5-2-3-6-21/h10,13,15-16,18H,2-9,11-12H2,1H3/p+2/t13-,15-,16+/m1/s1. The summed E-state index contributed by atoms with van der Waals surface area (Å²) in [4.78, 5) is 16.5. The van der Waals surface area contributed by atoms with E-state index in [1.54, 1.807) is 4.90 Å². The highest BCUT2D eigenvalue weighted by Gasteiger charge is 2.47. The lowest BCUT2D eigenvalue weighted by Crippen LogP contribution is -3.20. The molecule has 0 radical (unpaired) electrons. The highest BCUT2D eigenvalue weighted by atomic mass is 16.2. The van der Waals surface area contributed by atoms with Crippen LogP contribution in [-0.4, -0.2) is 65.1 Å². The Morgan fingerprint density at radius 1 is 1.42 bits per heavy atom. The summed E-state index contributed by atoms with van der Waals surface area (Å²) in [7, 11) is 2.05.